The molecule has 1 heterocycles. The van der Waals surface area contributed by atoms with Crippen molar-refractivity contribution in [3.8, 4) is 11.1 Å². The number of benzene rings is 2. The Morgan fingerprint density at radius 3 is 2.53 bits per heavy atom. The lowest BCUT2D eigenvalue weighted by atomic mass is 9.98. The fourth-order valence-electron chi connectivity index (χ4n) is 3.07. The zero-order valence-electron chi connectivity index (χ0n) is 17.1. The molecule has 0 saturated heterocycles. The molecule has 0 spiro atoms. The molecule has 3 rings (SSSR count). The highest BCUT2D eigenvalue weighted by molar-refractivity contribution is 9.08. The van der Waals surface area contributed by atoms with Gasteiger partial charge in [-0.25, -0.2) is 12.5 Å². The Bertz CT molecular complexity index is 1150. The molecule has 0 aliphatic heterocycles. The normalized spacial score (nSPS) is 11.6. The average Bonchev–Trinajstić information content (AvgIpc) is 3.09. The predicted octanol–water partition coefficient (Wildman–Crippen LogP) is 5.38. The van der Waals surface area contributed by atoms with Gasteiger partial charge in [0, 0.05) is 23.1 Å². The van der Waals surface area contributed by atoms with Crippen molar-refractivity contribution >= 4 is 41.2 Å². The van der Waals surface area contributed by atoms with E-state index in [2.05, 4.69) is 30.5 Å². The van der Waals surface area contributed by atoms with Crippen LogP contribution in [0.25, 0.3) is 11.1 Å². The van der Waals surface area contributed by atoms with Crippen molar-refractivity contribution < 1.29 is 17.7 Å². The second-order valence-electron chi connectivity index (χ2n) is 6.75. The van der Waals surface area contributed by atoms with Gasteiger partial charge in [0.2, 0.25) is 0 Å². The quantitative estimate of drug-likeness (QED) is 0.300. The van der Waals surface area contributed by atoms with Crippen molar-refractivity contribution in [1.29, 1.82) is 0 Å². The third-order valence-corrected chi connectivity index (χ3v) is 8.17. The van der Waals surface area contributed by atoms with Crippen LogP contribution >= 0.6 is 25.3 Å². The molecule has 0 N–H and O–H groups in total. The minimum Gasteiger partial charge on any atom is -0.377 e. The molecule has 2 aromatic carbocycles. The first kappa shape index (κ1) is 22.9. The molecule has 1 aromatic heterocycles. The van der Waals surface area contributed by atoms with Gasteiger partial charge in [0.15, 0.2) is 5.82 Å². The van der Waals surface area contributed by atoms with Gasteiger partial charge in [0.25, 0.3) is 10.0 Å². The fraction of sp³-hybridized carbons (Fsp3) is 0.286. The number of sulfonamides is 1. The molecule has 30 heavy (non-hydrogen) atoms. The second-order valence-corrected chi connectivity index (χ2v) is 9.98. The van der Waals surface area contributed by atoms with E-state index >= 15 is 0 Å². The van der Waals surface area contributed by atoms with E-state index in [1.807, 2.05) is 37.3 Å². The molecule has 0 bridgehead atoms. The van der Waals surface area contributed by atoms with Crippen LogP contribution in [-0.4, -0.2) is 20.2 Å². The first-order valence-corrected chi connectivity index (χ1v) is 12.5. The Labute approximate surface area is 188 Å². The summed E-state index contributed by atoms with van der Waals surface area (Å²) in [5.74, 6) is 0.821. The average molecular weight is 511 g/mol. The number of halogens is 1. The van der Waals surface area contributed by atoms with E-state index in [0.717, 1.165) is 20.8 Å². The lowest BCUT2D eigenvalue weighted by Gasteiger charge is -2.20. The standard InChI is InChI=1S/C21H24BrN2O4PS/c1-4-27-13-17-11-16(12-22)9-10-18(17)19-7-5-6-8-20(19)30(25,26)24(29)21-14(2)15(3)28-23-21/h5-11H,4,12-13,29H2,1-3H3. The summed E-state index contributed by atoms with van der Waals surface area (Å²) >= 11 is 3.48. The van der Waals surface area contributed by atoms with Gasteiger partial charge in [-0.05, 0) is 52.9 Å². The molecule has 3 aromatic rings. The van der Waals surface area contributed by atoms with E-state index in [-0.39, 0.29) is 10.7 Å². The van der Waals surface area contributed by atoms with Gasteiger partial charge in [-0.15, -0.1) is 0 Å². The number of hydrogen-bond donors (Lipinski definition) is 0. The fourth-order valence-corrected chi connectivity index (χ4v) is 5.32. The van der Waals surface area contributed by atoms with Crippen LogP contribution in [0.15, 0.2) is 51.9 Å². The SMILES string of the molecule is CCOCc1cc(CBr)ccc1-c1ccccc1S(=O)(=O)N(P)c1noc(C)c1C. The van der Waals surface area contributed by atoms with E-state index < -0.39 is 10.0 Å². The summed E-state index contributed by atoms with van der Waals surface area (Å²) in [6.07, 6.45) is 0. The molecule has 0 amide bonds. The van der Waals surface area contributed by atoms with Gasteiger partial charge >= 0.3 is 0 Å². The maximum Gasteiger partial charge on any atom is 0.268 e. The Morgan fingerprint density at radius 2 is 1.90 bits per heavy atom. The largest absolute Gasteiger partial charge is 0.377 e. The van der Waals surface area contributed by atoms with Gasteiger partial charge in [-0.2, -0.15) is 0 Å². The number of aryl methyl sites for hydroxylation is 1. The molecule has 1 unspecified atom stereocenters. The van der Waals surface area contributed by atoms with Crippen LogP contribution in [0.4, 0.5) is 5.82 Å². The van der Waals surface area contributed by atoms with Crippen LogP contribution in [-0.2, 0) is 26.7 Å². The highest BCUT2D eigenvalue weighted by Crippen LogP contribution is 2.36. The van der Waals surface area contributed by atoms with Crippen LogP contribution in [0.3, 0.4) is 0 Å². The van der Waals surface area contributed by atoms with E-state index in [0.29, 0.717) is 35.4 Å². The molecule has 0 aliphatic rings. The van der Waals surface area contributed by atoms with Crippen LogP contribution in [0.2, 0.25) is 0 Å². The van der Waals surface area contributed by atoms with Crippen LogP contribution < -0.4 is 4.08 Å². The van der Waals surface area contributed by atoms with Gasteiger partial charge in [0.05, 0.1) is 11.5 Å². The number of alkyl halides is 1. The van der Waals surface area contributed by atoms with Crippen LogP contribution in [0.1, 0.15) is 29.4 Å². The minimum atomic E-state index is -3.91. The summed E-state index contributed by atoms with van der Waals surface area (Å²) in [7, 11) is -1.66. The van der Waals surface area contributed by atoms with Crippen molar-refractivity contribution in [2.75, 3.05) is 10.7 Å². The number of nitrogens with zero attached hydrogens (tertiary/aromatic N) is 2. The number of rotatable bonds is 8. The van der Waals surface area contributed by atoms with Gasteiger partial charge in [-0.1, -0.05) is 57.5 Å². The maximum absolute atomic E-state index is 13.5. The predicted molar refractivity (Wildman–Crippen MR) is 125 cm³/mol. The number of hydrogen-bond acceptors (Lipinski definition) is 5. The highest BCUT2D eigenvalue weighted by Gasteiger charge is 2.29. The van der Waals surface area contributed by atoms with E-state index in [4.69, 9.17) is 9.26 Å². The molecule has 0 fully saturated rings. The van der Waals surface area contributed by atoms with Crippen molar-refractivity contribution in [3.63, 3.8) is 0 Å². The lowest BCUT2D eigenvalue weighted by Crippen LogP contribution is -2.22. The zero-order valence-corrected chi connectivity index (χ0v) is 20.6. The van der Waals surface area contributed by atoms with E-state index in [9.17, 15) is 8.42 Å². The second kappa shape index (κ2) is 9.60. The molecule has 1 atom stereocenters. The molecule has 0 saturated carbocycles. The molecule has 160 valence electrons. The van der Waals surface area contributed by atoms with E-state index in [1.54, 1.807) is 26.0 Å². The maximum atomic E-state index is 13.5. The summed E-state index contributed by atoms with van der Waals surface area (Å²) in [6.45, 7) is 6.42. The van der Waals surface area contributed by atoms with E-state index in [1.165, 1.54) is 0 Å². The topological polar surface area (TPSA) is 72.6 Å². The van der Waals surface area contributed by atoms with Crippen molar-refractivity contribution in [1.82, 2.24) is 5.16 Å². The lowest BCUT2D eigenvalue weighted by molar-refractivity contribution is 0.134. The Hall–Kier alpha value is -1.73. The molecule has 9 heteroatoms. The zero-order chi connectivity index (χ0) is 21.9. The molecular formula is C21H24BrN2O4PS. The summed E-state index contributed by atoms with van der Waals surface area (Å²) < 4.78 is 38.9. The summed E-state index contributed by atoms with van der Waals surface area (Å²) in [4.78, 5) is 0.185. The Balaban J connectivity index is 2.14. The van der Waals surface area contributed by atoms with Crippen LogP contribution in [0, 0.1) is 13.8 Å². The molecule has 6 nitrogen and oxygen atoms in total. The summed E-state index contributed by atoms with van der Waals surface area (Å²) in [6, 6.07) is 12.9. The third kappa shape index (κ3) is 4.47. The van der Waals surface area contributed by atoms with Crippen molar-refractivity contribution in [2.24, 2.45) is 0 Å². The summed E-state index contributed by atoms with van der Waals surface area (Å²) in [5.41, 5.74) is 4.12. The number of ether oxygens (including phenoxy) is 1. The number of anilines is 1. The molecule has 0 aliphatic carbocycles. The first-order chi connectivity index (χ1) is 14.3. The molecule has 0 radical (unpaired) electrons. The highest BCUT2D eigenvalue weighted by atomic mass is 79.9. The smallest absolute Gasteiger partial charge is 0.268 e. The van der Waals surface area contributed by atoms with Gasteiger partial charge < -0.3 is 9.26 Å². The Kier molecular flexibility index (Phi) is 7.34. The third-order valence-electron chi connectivity index (χ3n) is 4.84. The summed E-state index contributed by atoms with van der Waals surface area (Å²) in [5, 5.41) is 4.62. The first-order valence-electron chi connectivity index (χ1n) is 9.39. The molecular weight excluding hydrogens is 487 g/mol. The van der Waals surface area contributed by atoms with Crippen LogP contribution in [0.5, 0.6) is 0 Å². The van der Waals surface area contributed by atoms with Crippen molar-refractivity contribution in [2.45, 2.75) is 37.6 Å². The monoisotopic (exact) mass is 510 g/mol. The number of aromatic nitrogens is 1. The van der Waals surface area contributed by atoms with Gasteiger partial charge in [0.1, 0.15) is 5.76 Å². The Morgan fingerprint density at radius 1 is 1.17 bits per heavy atom. The van der Waals surface area contributed by atoms with Crippen molar-refractivity contribution in [3.05, 3.63) is 64.9 Å². The van der Waals surface area contributed by atoms with Gasteiger partial charge in [-0.3, -0.25) is 0 Å². The minimum absolute atomic E-state index is 0.185.